The zero-order valence-corrected chi connectivity index (χ0v) is 16.3. The summed E-state index contributed by atoms with van der Waals surface area (Å²) in [6.07, 6.45) is 0.879. The number of hydrogen-bond acceptors (Lipinski definition) is 4. The summed E-state index contributed by atoms with van der Waals surface area (Å²) < 4.78 is 44.6. The van der Waals surface area contributed by atoms with Gasteiger partial charge in [-0.15, -0.1) is 0 Å². The van der Waals surface area contributed by atoms with Crippen LogP contribution in [-0.2, 0) is 10.9 Å². The van der Waals surface area contributed by atoms with E-state index in [4.69, 9.17) is 4.74 Å². The summed E-state index contributed by atoms with van der Waals surface area (Å²) in [6.45, 7) is 7.65. The molecule has 0 N–H and O–H groups in total. The van der Waals surface area contributed by atoms with Gasteiger partial charge in [0.1, 0.15) is 0 Å². The molecule has 0 aliphatic carbocycles. The molecular formula is C21H30F3N3O. The molecule has 7 heteroatoms. The molecule has 3 heterocycles. The summed E-state index contributed by atoms with van der Waals surface area (Å²) in [6, 6.07) is 6.32. The molecule has 0 radical (unpaired) electrons. The predicted octanol–water partition coefficient (Wildman–Crippen LogP) is 3.47. The van der Waals surface area contributed by atoms with E-state index in [1.54, 1.807) is 6.07 Å². The molecule has 0 aromatic heterocycles. The fourth-order valence-electron chi connectivity index (χ4n) is 4.77. The summed E-state index contributed by atoms with van der Waals surface area (Å²) in [5, 5.41) is 0. The van der Waals surface area contributed by atoms with Crippen molar-refractivity contribution in [3.63, 3.8) is 0 Å². The van der Waals surface area contributed by atoms with Crippen molar-refractivity contribution in [2.75, 3.05) is 57.3 Å². The SMILES string of the molecule is FC(F)(F)c1cccc(N2CCN(C3CCN(C[C@@H]4CCCO4)CC3)CC2)c1. The van der Waals surface area contributed by atoms with Crippen LogP contribution in [-0.4, -0.2) is 74.4 Å². The highest BCUT2D eigenvalue weighted by Gasteiger charge is 2.32. The summed E-state index contributed by atoms with van der Waals surface area (Å²) >= 11 is 0. The molecule has 0 saturated carbocycles. The van der Waals surface area contributed by atoms with E-state index in [0.29, 0.717) is 17.8 Å². The fraction of sp³-hybridized carbons (Fsp3) is 0.714. The van der Waals surface area contributed by atoms with Crippen LogP contribution in [0.25, 0.3) is 0 Å². The lowest BCUT2D eigenvalue weighted by Crippen LogP contribution is -2.53. The van der Waals surface area contributed by atoms with Crippen molar-refractivity contribution in [3.05, 3.63) is 29.8 Å². The molecule has 3 aliphatic rings. The molecule has 1 aromatic rings. The van der Waals surface area contributed by atoms with E-state index in [2.05, 4.69) is 14.7 Å². The average Bonchev–Trinajstić information content (AvgIpc) is 3.21. The number of piperidine rings is 1. The van der Waals surface area contributed by atoms with E-state index in [1.165, 1.54) is 37.8 Å². The van der Waals surface area contributed by atoms with Gasteiger partial charge in [-0.05, 0) is 57.0 Å². The van der Waals surface area contributed by atoms with E-state index in [1.807, 2.05) is 0 Å². The number of anilines is 1. The lowest BCUT2D eigenvalue weighted by Gasteiger charge is -2.43. The Morgan fingerprint density at radius 3 is 2.36 bits per heavy atom. The summed E-state index contributed by atoms with van der Waals surface area (Å²) in [4.78, 5) is 7.15. The predicted molar refractivity (Wildman–Crippen MR) is 104 cm³/mol. The highest BCUT2D eigenvalue weighted by Crippen LogP contribution is 2.32. The van der Waals surface area contributed by atoms with Gasteiger partial charge in [0.2, 0.25) is 0 Å². The van der Waals surface area contributed by atoms with Gasteiger partial charge >= 0.3 is 6.18 Å². The van der Waals surface area contributed by atoms with Crippen molar-refractivity contribution in [3.8, 4) is 0 Å². The molecule has 3 fully saturated rings. The molecule has 0 unspecified atom stereocenters. The Labute approximate surface area is 165 Å². The number of nitrogens with zero attached hydrogens (tertiary/aromatic N) is 3. The van der Waals surface area contributed by atoms with E-state index in [-0.39, 0.29) is 0 Å². The number of piperazine rings is 1. The average molecular weight is 397 g/mol. The van der Waals surface area contributed by atoms with E-state index >= 15 is 0 Å². The van der Waals surface area contributed by atoms with Gasteiger partial charge in [-0.3, -0.25) is 4.90 Å². The molecule has 3 aliphatic heterocycles. The smallest absolute Gasteiger partial charge is 0.377 e. The number of rotatable bonds is 4. The van der Waals surface area contributed by atoms with E-state index < -0.39 is 11.7 Å². The highest BCUT2D eigenvalue weighted by molar-refractivity contribution is 5.49. The lowest BCUT2D eigenvalue weighted by molar-refractivity contribution is -0.137. The highest BCUT2D eigenvalue weighted by atomic mass is 19.4. The van der Waals surface area contributed by atoms with Crippen LogP contribution in [0.1, 0.15) is 31.2 Å². The van der Waals surface area contributed by atoms with Crippen molar-refractivity contribution in [1.29, 1.82) is 0 Å². The van der Waals surface area contributed by atoms with Crippen LogP contribution in [0.4, 0.5) is 18.9 Å². The molecule has 156 valence electrons. The van der Waals surface area contributed by atoms with E-state index in [9.17, 15) is 13.2 Å². The summed E-state index contributed by atoms with van der Waals surface area (Å²) in [7, 11) is 0. The quantitative estimate of drug-likeness (QED) is 0.774. The largest absolute Gasteiger partial charge is 0.416 e. The van der Waals surface area contributed by atoms with Crippen LogP contribution < -0.4 is 4.90 Å². The maximum Gasteiger partial charge on any atom is 0.416 e. The van der Waals surface area contributed by atoms with Gasteiger partial charge in [-0.2, -0.15) is 13.2 Å². The second-order valence-electron chi connectivity index (χ2n) is 8.24. The molecule has 28 heavy (non-hydrogen) atoms. The second-order valence-corrected chi connectivity index (χ2v) is 8.24. The Kier molecular flexibility index (Phi) is 6.13. The minimum atomic E-state index is -4.28. The Balaban J connectivity index is 1.25. The van der Waals surface area contributed by atoms with E-state index in [0.717, 1.165) is 58.5 Å². The Hall–Kier alpha value is -1.31. The Morgan fingerprint density at radius 2 is 1.71 bits per heavy atom. The summed E-state index contributed by atoms with van der Waals surface area (Å²) in [5.74, 6) is 0. The molecule has 0 spiro atoms. The zero-order chi connectivity index (χ0) is 19.6. The molecule has 3 saturated heterocycles. The normalized spacial score (nSPS) is 26.1. The van der Waals surface area contributed by atoms with Crippen LogP contribution in [0, 0.1) is 0 Å². The maximum atomic E-state index is 13.0. The fourth-order valence-corrected chi connectivity index (χ4v) is 4.77. The van der Waals surface area contributed by atoms with Crippen molar-refractivity contribution in [1.82, 2.24) is 9.80 Å². The van der Waals surface area contributed by atoms with Crippen LogP contribution in [0.2, 0.25) is 0 Å². The van der Waals surface area contributed by atoms with Gasteiger partial charge in [0.05, 0.1) is 11.7 Å². The second kappa shape index (κ2) is 8.59. The molecular weight excluding hydrogens is 367 g/mol. The number of benzene rings is 1. The maximum absolute atomic E-state index is 13.0. The van der Waals surface area contributed by atoms with Crippen LogP contribution in [0.15, 0.2) is 24.3 Å². The van der Waals surface area contributed by atoms with Crippen LogP contribution in [0.3, 0.4) is 0 Å². The third kappa shape index (κ3) is 4.81. The van der Waals surface area contributed by atoms with Gasteiger partial charge in [0, 0.05) is 51.1 Å². The first kappa shape index (κ1) is 20.0. The number of halogens is 3. The molecule has 4 nitrogen and oxygen atoms in total. The standard InChI is InChI=1S/C21H30F3N3O/c22-21(23,24)17-3-1-4-19(15-17)27-12-10-26(11-13-27)18-6-8-25(9-7-18)16-20-5-2-14-28-20/h1,3-4,15,18,20H,2,5-14,16H2/t20-/m0/s1. The minimum absolute atomic E-state index is 0.424. The zero-order valence-electron chi connectivity index (χ0n) is 16.3. The monoisotopic (exact) mass is 397 g/mol. The van der Waals surface area contributed by atoms with Crippen LogP contribution >= 0.6 is 0 Å². The van der Waals surface area contributed by atoms with Gasteiger partial charge in [0.15, 0.2) is 0 Å². The van der Waals surface area contributed by atoms with Gasteiger partial charge in [-0.25, -0.2) is 0 Å². The Morgan fingerprint density at radius 1 is 0.964 bits per heavy atom. The summed E-state index contributed by atoms with van der Waals surface area (Å²) in [5.41, 5.74) is 0.118. The first-order valence-electron chi connectivity index (χ1n) is 10.5. The number of likely N-dealkylation sites (tertiary alicyclic amines) is 1. The molecule has 4 rings (SSSR count). The first-order chi connectivity index (χ1) is 13.5. The minimum Gasteiger partial charge on any atom is -0.377 e. The molecule has 1 aromatic carbocycles. The topological polar surface area (TPSA) is 19.0 Å². The Bertz CT molecular complexity index is 632. The lowest BCUT2D eigenvalue weighted by atomic mass is 10.0. The molecule has 0 amide bonds. The van der Waals surface area contributed by atoms with Crippen molar-refractivity contribution in [2.24, 2.45) is 0 Å². The molecule has 0 bridgehead atoms. The van der Waals surface area contributed by atoms with Crippen LogP contribution in [0.5, 0.6) is 0 Å². The third-order valence-corrected chi connectivity index (χ3v) is 6.41. The van der Waals surface area contributed by atoms with Gasteiger partial charge < -0.3 is 14.5 Å². The van der Waals surface area contributed by atoms with Crippen molar-refractivity contribution >= 4 is 5.69 Å². The number of hydrogen-bond donors (Lipinski definition) is 0. The first-order valence-corrected chi connectivity index (χ1v) is 10.5. The number of alkyl halides is 3. The van der Waals surface area contributed by atoms with Gasteiger partial charge in [0.25, 0.3) is 0 Å². The van der Waals surface area contributed by atoms with Gasteiger partial charge in [-0.1, -0.05) is 6.07 Å². The molecule has 1 atom stereocenters. The van der Waals surface area contributed by atoms with Crippen molar-refractivity contribution in [2.45, 2.75) is 44.0 Å². The third-order valence-electron chi connectivity index (χ3n) is 6.41. The number of ether oxygens (including phenoxy) is 1. The van der Waals surface area contributed by atoms with Crippen molar-refractivity contribution < 1.29 is 17.9 Å².